The summed E-state index contributed by atoms with van der Waals surface area (Å²) in [6.07, 6.45) is 3.74. The van der Waals surface area contributed by atoms with E-state index in [-0.39, 0.29) is 18.1 Å². The number of rotatable bonds is 5. The van der Waals surface area contributed by atoms with Crippen LogP contribution in [0.3, 0.4) is 0 Å². The number of nitrogens with zero attached hydrogens (tertiary/aromatic N) is 3. The first-order valence-corrected chi connectivity index (χ1v) is 8.50. The molecule has 0 radical (unpaired) electrons. The lowest BCUT2D eigenvalue weighted by Crippen LogP contribution is -2.26. The van der Waals surface area contributed by atoms with Crippen LogP contribution in [0.4, 0.5) is 4.39 Å². The highest BCUT2D eigenvalue weighted by Crippen LogP contribution is 2.22. The first-order valence-electron chi connectivity index (χ1n) is 8.50. The zero-order valence-electron chi connectivity index (χ0n) is 14.6. The Kier molecular flexibility index (Phi) is 4.42. The molecule has 0 fully saturated rings. The number of amides is 1. The minimum Gasteiger partial charge on any atom is -0.441 e. The Bertz CT molecular complexity index is 1120. The van der Waals surface area contributed by atoms with Gasteiger partial charge in [0.05, 0.1) is 30.4 Å². The number of hydrogen-bond donors (Lipinski definition) is 1. The molecule has 0 saturated carbocycles. The van der Waals surface area contributed by atoms with Crippen LogP contribution in [0.5, 0.6) is 0 Å². The lowest BCUT2D eigenvalue weighted by atomic mass is 10.2. The molecule has 136 valence electrons. The van der Waals surface area contributed by atoms with Crippen LogP contribution >= 0.6 is 0 Å². The van der Waals surface area contributed by atoms with Crippen molar-refractivity contribution in [3.05, 3.63) is 78.0 Å². The van der Waals surface area contributed by atoms with Gasteiger partial charge in [-0.25, -0.2) is 14.4 Å². The molecule has 0 saturated heterocycles. The second-order valence-corrected chi connectivity index (χ2v) is 6.16. The maximum atomic E-state index is 13.4. The van der Waals surface area contributed by atoms with E-state index in [9.17, 15) is 9.18 Å². The highest BCUT2D eigenvalue weighted by atomic mass is 19.1. The summed E-state index contributed by atoms with van der Waals surface area (Å²) in [5, 5.41) is 2.85. The number of carbonyl (C=O) groups is 1. The molecule has 0 bridgehead atoms. The second-order valence-electron chi connectivity index (χ2n) is 6.16. The van der Waals surface area contributed by atoms with E-state index < -0.39 is 0 Å². The van der Waals surface area contributed by atoms with Gasteiger partial charge in [0.1, 0.15) is 17.4 Å². The van der Waals surface area contributed by atoms with Gasteiger partial charge in [-0.2, -0.15) is 0 Å². The molecule has 4 rings (SSSR count). The van der Waals surface area contributed by atoms with Crippen molar-refractivity contribution in [3.8, 4) is 11.5 Å². The van der Waals surface area contributed by atoms with E-state index in [1.165, 1.54) is 12.1 Å². The van der Waals surface area contributed by atoms with E-state index in [4.69, 9.17) is 4.42 Å². The normalized spacial score (nSPS) is 11.0. The Hall–Kier alpha value is -3.48. The number of hydrogen-bond acceptors (Lipinski definition) is 4. The van der Waals surface area contributed by atoms with E-state index in [0.717, 1.165) is 11.3 Å². The Morgan fingerprint density at radius 2 is 2.15 bits per heavy atom. The van der Waals surface area contributed by atoms with Gasteiger partial charge in [-0.15, -0.1) is 0 Å². The summed E-state index contributed by atoms with van der Waals surface area (Å²) < 4.78 is 20.9. The summed E-state index contributed by atoms with van der Waals surface area (Å²) in [6, 6.07) is 11.8. The fourth-order valence-corrected chi connectivity index (χ4v) is 2.86. The number of oxazole rings is 1. The van der Waals surface area contributed by atoms with Crippen molar-refractivity contribution in [1.29, 1.82) is 0 Å². The largest absolute Gasteiger partial charge is 0.441 e. The number of pyridine rings is 1. The molecular weight excluding hydrogens is 347 g/mol. The van der Waals surface area contributed by atoms with Gasteiger partial charge < -0.3 is 14.1 Å². The third-order valence-corrected chi connectivity index (χ3v) is 4.25. The van der Waals surface area contributed by atoms with Gasteiger partial charge in [-0.3, -0.25) is 4.79 Å². The van der Waals surface area contributed by atoms with Gasteiger partial charge in [-0.1, -0.05) is 12.1 Å². The number of fused-ring (bicyclic) bond motifs is 1. The molecule has 0 unspecified atom stereocenters. The monoisotopic (exact) mass is 364 g/mol. The fraction of sp³-hybridized carbons (Fsp3) is 0.150. The third-order valence-electron chi connectivity index (χ3n) is 4.25. The molecule has 1 aromatic carbocycles. The van der Waals surface area contributed by atoms with E-state index >= 15 is 0 Å². The van der Waals surface area contributed by atoms with Crippen LogP contribution in [-0.4, -0.2) is 20.3 Å². The standard InChI is InChI=1S/C20H17FN4O2/c1-13-17(24-20(27-13)14-5-4-6-15(21)9-14)10-19(26)23-12-18-22-11-16-7-2-3-8-25(16)18/h2-9,11H,10,12H2,1H3,(H,23,26). The molecule has 3 heterocycles. The van der Waals surface area contributed by atoms with Gasteiger partial charge in [-0.05, 0) is 37.3 Å². The minimum atomic E-state index is -0.366. The number of nitrogens with one attached hydrogen (secondary N) is 1. The van der Waals surface area contributed by atoms with E-state index in [0.29, 0.717) is 29.5 Å². The lowest BCUT2D eigenvalue weighted by molar-refractivity contribution is -0.120. The summed E-state index contributed by atoms with van der Waals surface area (Å²) in [6.45, 7) is 2.05. The van der Waals surface area contributed by atoms with Gasteiger partial charge in [0.2, 0.25) is 11.8 Å². The zero-order valence-corrected chi connectivity index (χ0v) is 14.6. The van der Waals surface area contributed by atoms with Crippen LogP contribution in [0.2, 0.25) is 0 Å². The molecule has 0 atom stereocenters. The van der Waals surface area contributed by atoms with Crippen LogP contribution in [0.25, 0.3) is 17.0 Å². The van der Waals surface area contributed by atoms with Crippen molar-refractivity contribution in [1.82, 2.24) is 19.7 Å². The average molecular weight is 364 g/mol. The summed E-state index contributed by atoms with van der Waals surface area (Å²) in [5.41, 5.74) is 2.03. The summed E-state index contributed by atoms with van der Waals surface area (Å²) in [7, 11) is 0. The summed E-state index contributed by atoms with van der Waals surface area (Å²) in [5.74, 6) is 1.03. The number of aryl methyl sites for hydroxylation is 1. The van der Waals surface area contributed by atoms with Gasteiger partial charge in [0, 0.05) is 11.8 Å². The number of carbonyl (C=O) groups excluding carboxylic acids is 1. The Morgan fingerprint density at radius 1 is 1.26 bits per heavy atom. The fourth-order valence-electron chi connectivity index (χ4n) is 2.86. The van der Waals surface area contributed by atoms with Crippen LogP contribution in [0.15, 0.2) is 59.3 Å². The second kappa shape index (κ2) is 7.03. The molecule has 7 heteroatoms. The van der Waals surface area contributed by atoms with Crippen LogP contribution in [-0.2, 0) is 17.8 Å². The molecule has 27 heavy (non-hydrogen) atoms. The van der Waals surface area contributed by atoms with Gasteiger partial charge in [0.25, 0.3) is 0 Å². The molecule has 3 aromatic heterocycles. The minimum absolute atomic E-state index is 0.0773. The number of benzene rings is 1. The van der Waals surface area contributed by atoms with Crippen LogP contribution < -0.4 is 5.32 Å². The predicted molar refractivity (Wildman–Crippen MR) is 97.4 cm³/mol. The topological polar surface area (TPSA) is 72.4 Å². The summed E-state index contributed by atoms with van der Waals surface area (Å²) in [4.78, 5) is 21.0. The van der Waals surface area contributed by atoms with Crippen molar-refractivity contribution in [2.45, 2.75) is 19.9 Å². The van der Waals surface area contributed by atoms with Crippen molar-refractivity contribution < 1.29 is 13.6 Å². The highest BCUT2D eigenvalue weighted by molar-refractivity contribution is 5.78. The van der Waals surface area contributed by atoms with Crippen LogP contribution in [0.1, 0.15) is 17.3 Å². The molecule has 0 aliphatic carbocycles. The van der Waals surface area contributed by atoms with Crippen molar-refractivity contribution in [2.24, 2.45) is 0 Å². The maximum Gasteiger partial charge on any atom is 0.226 e. The van der Waals surface area contributed by atoms with Crippen molar-refractivity contribution in [2.75, 3.05) is 0 Å². The third kappa shape index (κ3) is 3.57. The number of aromatic nitrogens is 3. The lowest BCUT2D eigenvalue weighted by Gasteiger charge is -2.04. The zero-order chi connectivity index (χ0) is 18.8. The smallest absolute Gasteiger partial charge is 0.226 e. The molecule has 0 spiro atoms. The Morgan fingerprint density at radius 3 is 3.00 bits per heavy atom. The van der Waals surface area contributed by atoms with Gasteiger partial charge in [0.15, 0.2) is 0 Å². The van der Waals surface area contributed by atoms with Crippen molar-refractivity contribution >= 4 is 11.4 Å². The van der Waals surface area contributed by atoms with E-state index in [1.807, 2.05) is 28.8 Å². The van der Waals surface area contributed by atoms with E-state index in [1.54, 1.807) is 25.3 Å². The molecule has 6 nitrogen and oxygen atoms in total. The summed E-state index contributed by atoms with van der Waals surface area (Å²) >= 11 is 0. The Balaban J connectivity index is 1.44. The van der Waals surface area contributed by atoms with Crippen molar-refractivity contribution in [3.63, 3.8) is 0 Å². The number of imidazole rings is 1. The first-order chi connectivity index (χ1) is 13.1. The Labute approximate surface area is 154 Å². The van der Waals surface area contributed by atoms with E-state index in [2.05, 4.69) is 15.3 Å². The predicted octanol–water partition coefficient (Wildman–Crippen LogP) is 3.30. The molecule has 1 N–H and O–H groups in total. The van der Waals surface area contributed by atoms with Crippen LogP contribution in [0, 0.1) is 12.7 Å². The molecule has 4 aromatic rings. The molecule has 1 amide bonds. The molecular formula is C20H17FN4O2. The number of halogens is 1. The quantitative estimate of drug-likeness (QED) is 0.590. The molecule has 0 aliphatic rings. The molecule has 0 aliphatic heterocycles. The van der Waals surface area contributed by atoms with Gasteiger partial charge >= 0.3 is 0 Å². The first kappa shape index (κ1) is 17.0. The highest BCUT2D eigenvalue weighted by Gasteiger charge is 2.15. The SMILES string of the molecule is Cc1oc(-c2cccc(F)c2)nc1CC(=O)NCc1ncc2ccccn12. The average Bonchev–Trinajstić information content (AvgIpc) is 3.24. The maximum absolute atomic E-state index is 13.4.